The number of pyridine rings is 1. The van der Waals surface area contributed by atoms with E-state index in [4.69, 9.17) is 4.74 Å². The van der Waals surface area contributed by atoms with Crippen LogP contribution in [0.4, 0.5) is 0 Å². The zero-order valence-electron chi connectivity index (χ0n) is 13.4. The summed E-state index contributed by atoms with van der Waals surface area (Å²) in [5, 5.41) is 2.93. The summed E-state index contributed by atoms with van der Waals surface area (Å²) >= 11 is 0. The van der Waals surface area contributed by atoms with Crippen LogP contribution in [0.1, 0.15) is 32.4 Å². The molecule has 2 saturated heterocycles. The summed E-state index contributed by atoms with van der Waals surface area (Å²) in [5.41, 5.74) is 0.882. The molecule has 3 rings (SSSR count). The van der Waals surface area contributed by atoms with Gasteiger partial charge in [0.2, 0.25) is 5.91 Å². The van der Waals surface area contributed by atoms with E-state index in [0.29, 0.717) is 31.0 Å². The maximum absolute atomic E-state index is 12.0. The summed E-state index contributed by atoms with van der Waals surface area (Å²) in [5.74, 6) is 0.646. The number of ether oxygens (including phenoxy) is 1. The number of rotatable bonds is 5. The average molecular weight is 303 g/mol. The molecule has 0 aliphatic carbocycles. The van der Waals surface area contributed by atoms with E-state index >= 15 is 0 Å². The van der Waals surface area contributed by atoms with E-state index in [9.17, 15) is 4.79 Å². The van der Waals surface area contributed by atoms with Crippen molar-refractivity contribution >= 4 is 5.91 Å². The first kappa shape index (κ1) is 15.4. The number of hydrogen-bond acceptors (Lipinski definition) is 4. The Morgan fingerprint density at radius 1 is 1.45 bits per heavy atom. The fourth-order valence-electron chi connectivity index (χ4n) is 3.42. The summed E-state index contributed by atoms with van der Waals surface area (Å²) < 4.78 is 6.07. The number of likely N-dealkylation sites (tertiary alicyclic amines) is 1. The number of amides is 1. The van der Waals surface area contributed by atoms with Crippen molar-refractivity contribution in [1.29, 1.82) is 0 Å². The Hall–Kier alpha value is -1.46. The predicted octanol–water partition coefficient (Wildman–Crippen LogP) is 1.59. The molecule has 1 aromatic heterocycles. The Bertz CT molecular complexity index is 492. The molecule has 2 aliphatic heterocycles. The summed E-state index contributed by atoms with van der Waals surface area (Å²) in [4.78, 5) is 18.7. The number of nitrogens with one attached hydrogen (secondary N) is 1. The molecule has 2 aliphatic rings. The van der Waals surface area contributed by atoms with Gasteiger partial charge in [-0.2, -0.15) is 0 Å². The van der Waals surface area contributed by atoms with Gasteiger partial charge in [-0.05, 0) is 32.4 Å². The van der Waals surface area contributed by atoms with Crippen LogP contribution in [0, 0.1) is 5.92 Å². The fraction of sp³-hybridized carbons (Fsp3) is 0.647. The maximum Gasteiger partial charge on any atom is 0.222 e. The molecule has 120 valence electrons. The minimum absolute atomic E-state index is 0.0522. The highest BCUT2D eigenvalue weighted by Crippen LogP contribution is 2.34. The summed E-state index contributed by atoms with van der Waals surface area (Å²) in [6, 6.07) is 6.29. The molecule has 0 unspecified atom stereocenters. The van der Waals surface area contributed by atoms with Crippen LogP contribution in [-0.4, -0.2) is 47.1 Å². The number of carbonyl (C=O) groups is 1. The van der Waals surface area contributed by atoms with Crippen LogP contribution in [0.25, 0.3) is 0 Å². The van der Waals surface area contributed by atoms with Gasteiger partial charge in [-0.1, -0.05) is 6.07 Å². The zero-order valence-corrected chi connectivity index (χ0v) is 13.4. The number of hydrogen-bond donors (Lipinski definition) is 1. The largest absolute Gasteiger partial charge is 0.373 e. The monoisotopic (exact) mass is 303 g/mol. The number of fused-ring (bicyclic) bond motifs is 1. The first-order valence-corrected chi connectivity index (χ1v) is 8.18. The van der Waals surface area contributed by atoms with Crippen molar-refractivity contribution < 1.29 is 9.53 Å². The third-order valence-corrected chi connectivity index (χ3v) is 4.68. The highest BCUT2D eigenvalue weighted by molar-refractivity contribution is 5.76. The highest BCUT2D eigenvalue weighted by Gasteiger charge is 2.42. The smallest absolute Gasteiger partial charge is 0.222 e. The molecule has 22 heavy (non-hydrogen) atoms. The van der Waals surface area contributed by atoms with Crippen molar-refractivity contribution in [3.63, 3.8) is 0 Å². The number of aromatic nitrogens is 1. The molecular weight excluding hydrogens is 278 g/mol. The van der Waals surface area contributed by atoms with E-state index in [0.717, 1.165) is 25.2 Å². The Morgan fingerprint density at radius 2 is 2.32 bits per heavy atom. The molecule has 3 heterocycles. The lowest BCUT2D eigenvalue weighted by Crippen LogP contribution is -2.32. The second-order valence-corrected chi connectivity index (χ2v) is 6.64. The van der Waals surface area contributed by atoms with Crippen molar-refractivity contribution in [3.05, 3.63) is 30.1 Å². The van der Waals surface area contributed by atoms with Crippen molar-refractivity contribution in [2.75, 3.05) is 13.1 Å². The number of carbonyl (C=O) groups excluding carboxylic acids is 1. The summed E-state index contributed by atoms with van der Waals surface area (Å²) in [7, 11) is 0. The normalized spacial score (nSPS) is 28.0. The molecule has 0 aromatic carbocycles. The predicted molar refractivity (Wildman–Crippen MR) is 84.2 cm³/mol. The van der Waals surface area contributed by atoms with E-state index in [1.807, 2.05) is 18.2 Å². The Morgan fingerprint density at radius 3 is 3.00 bits per heavy atom. The van der Waals surface area contributed by atoms with Gasteiger partial charge < -0.3 is 10.1 Å². The van der Waals surface area contributed by atoms with E-state index in [1.54, 1.807) is 6.20 Å². The van der Waals surface area contributed by atoms with Gasteiger partial charge >= 0.3 is 0 Å². The topological polar surface area (TPSA) is 54.5 Å². The fourth-order valence-corrected chi connectivity index (χ4v) is 3.42. The second-order valence-electron chi connectivity index (χ2n) is 6.64. The van der Waals surface area contributed by atoms with Crippen LogP contribution >= 0.6 is 0 Å². The van der Waals surface area contributed by atoms with Crippen molar-refractivity contribution in [3.8, 4) is 0 Å². The van der Waals surface area contributed by atoms with Gasteiger partial charge in [-0.15, -0.1) is 0 Å². The molecule has 1 N–H and O–H groups in total. The molecule has 0 spiro atoms. The molecule has 1 amide bonds. The minimum Gasteiger partial charge on any atom is -0.373 e. The van der Waals surface area contributed by atoms with Crippen LogP contribution < -0.4 is 5.32 Å². The van der Waals surface area contributed by atoms with E-state index in [-0.39, 0.29) is 12.0 Å². The summed E-state index contributed by atoms with van der Waals surface area (Å²) in [6.45, 7) is 7.05. The van der Waals surface area contributed by atoms with Crippen LogP contribution in [0.3, 0.4) is 0 Å². The SMILES string of the molecule is CC(C)N1C[C@@H]2C[C@@H](CC(=O)NCc3ccccn3)O[C@@H]2C1. The molecule has 0 bridgehead atoms. The molecule has 0 radical (unpaired) electrons. The first-order valence-electron chi connectivity index (χ1n) is 8.18. The van der Waals surface area contributed by atoms with Crippen molar-refractivity contribution in [1.82, 2.24) is 15.2 Å². The minimum atomic E-state index is 0.0522. The van der Waals surface area contributed by atoms with Crippen molar-refractivity contribution in [2.45, 2.75) is 51.5 Å². The molecular formula is C17H25N3O2. The Kier molecular flexibility index (Phi) is 4.74. The molecule has 0 saturated carbocycles. The van der Waals surface area contributed by atoms with E-state index < -0.39 is 0 Å². The zero-order chi connectivity index (χ0) is 15.5. The lowest BCUT2D eigenvalue weighted by atomic mass is 10.0. The van der Waals surface area contributed by atoms with Crippen LogP contribution in [-0.2, 0) is 16.1 Å². The van der Waals surface area contributed by atoms with Crippen LogP contribution in [0.5, 0.6) is 0 Å². The number of nitrogens with zero attached hydrogens (tertiary/aromatic N) is 2. The Balaban J connectivity index is 1.41. The maximum atomic E-state index is 12.0. The molecule has 3 atom stereocenters. The van der Waals surface area contributed by atoms with Gasteiger partial charge in [0.1, 0.15) is 0 Å². The lowest BCUT2D eigenvalue weighted by Gasteiger charge is -2.22. The average Bonchev–Trinajstić information content (AvgIpc) is 3.04. The van der Waals surface area contributed by atoms with Gasteiger partial charge in [-0.25, -0.2) is 0 Å². The quantitative estimate of drug-likeness (QED) is 0.897. The third kappa shape index (κ3) is 3.65. The van der Waals surface area contributed by atoms with Gasteiger partial charge in [0, 0.05) is 31.2 Å². The first-order chi connectivity index (χ1) is 10.6. The standard InChI is InChI=1S/C17H25N3O2/c1-12(2)20-10-13-7-15(22-16(13)11-20)8-17(21)19-9-14-5-3-4-6-18-14/h3-6,12-13,15-16H,7-11H2,1-2H3,(H,19,21)/t13-,15-,16+/m0/s1. The summed E-state index contributed by atoms with van der Waals surface area (Å²) in [6.07, 6.45) is 3.60. The second kappa shape index (κ2) is 6.75. The van der Waals surface area contributed by atoms with E-state index in [1.165, 1.54) is 0 Å². The van der Waals surface area contributed by atoms with Crippen molar-refractivity contribution in [2.24, 2.45) is 5.92 Å². The van der Waals surface area contributed by atoms with E-state index in [2.05, 4.69) is 29.0 Å². The van der Waals surface area contributed by atoms with Crippen LogP contribution in [0.2, 0.25) is 0 Å². The molecule has 1 aromatic rings. The lowest BCUT2D eigenvalue weighted by molar-refractivity contribution is -0.124. The Labute approximate surface area is 132 Å². The highest BCUT2D eigenvalue weighted by atomic mass is 16.5. The van der Waals surface area contributed by atoms with Gasteiger partial charge in [0.15, 0.2) is 0 Å². The third-order valence-electron chi connectivity index (χ3n) is 4.68. The van der Waals surface area contributed by atoms with Gasteiger partial charge in [0.25, 0.3) is 0 Å². The van der Waals surface area contributed by atoms with Gasteiger partial charge in [0.05, 0.1) is 30.9 Å². The molecule has 5 nitrogen and oxygen atoms in total. The van der Waals surface area contributed by atoms with Crippen LogP contribution in [0.15, 0.2) is 24.4 Å². The van der Waals surface area contributed by atoms with Gasteiger partial charge in [-0.3, -0.25) is 14.7 Å². The molecule has 5 heteroatoms. The molecule has 2 fully saturated rings.